The van der Waals surface area contributed by atoms with Crippen molar-refractivity contribution >= 4 is 17.5 Å². The minimum Gasteiger partial charge on any atom is -0.496 e. The van der Waals surface area contributed by atoms with Crippen molar-refractivity contribution in [2.75, 3.05) is 24.3 Å². The Kier molecular flexibility index (Phi) is 6.20. The van der Waals surface area contributed by atoms with Crippen molar-refractivity contribution in [2.45, 2.75) is 26.7 Å². The third-order valence-corrected chi connectivity index (χ3v) is 4.43. The van der Waals surface area contributed by atoms with Crippen molar-refractivity contribution < 1.29 is 4.74 Å². The topological polar surface area (TPSA) is 72.0 Å². The summed E-state index contributed by atoms with van der Waals surface area (Å²) in [5.74, 6) is 2.07. The van der Waals surface area contributed by atoms with E-state index in [2.05, 4.69) is 63.9 Å². The van der Waals surface area contributed by atoms with Gasteiger partial charge in [-0.15, -0.1) is 5.10 Å². The summed E-state index contributed by atoms with van der Waals surface area (Å²) in [4.78, 5) is 4.53. The summed E-state index contributed by atoms with van der Waals surface area (Å²) in [5, 5.41) is 14.8. The highest BCUT2D eigenvalue weighted by molar-refractivity contribution is 5.63. The molecule has 1 heterocycles. The van der Waals surface area contributed by atoms with Crippen LogP contribution in [0.4, 0.5) is 17.5 Å². The van der Waals surface area contributed by atoms with E-state index < -0.39 is 0 Å². The second kappa shape index (κ2) is 8.98. The number of ether oxygens (including phenoxy) is 1. The van der Waals surface area contributed by atoms with Crippen molar-refractivity contribution in [2.24, 2.45) is 0 Å². The van der Waals surface area contributed by atoms with E-state index in [0.29, 0.717) is 11.8 Å². The summed E-state index contributed by atoms with van der Waals surface area (Å²) in [6.45, 7) is 4.93. The van der Waals surface area contributed by atoms with E-state index in [4.69, 9.17) is 4.74 Å². The first-order chi connectivity index (χ1) is 13.2. The van der Waals surface area contributed by atoms with Gasteiger partial charge in [0.25, 0.3) is 0 Å². The second-order valence-electron chi connectivity index (χ2n) is 6.24. The van der Waals surface area contributed by atoms with Crippen LogP contribution in [0.3, 0.4) is 0 Å². The van der Waals surface area contributed by atoms with E-state index in [9.17, 15) is 0 Å². The molecule has 140 valence electrons. The number of nitrogens with zero attached hydrogens (tertiary/aromatic N) is 3. The van der Waals surface area contributed by atoms with Crippen LogP contribution >= 0.6 is 0 Å². The number of benzene rings is 2. The number of aromatic nitrogens is 3. The number of aryl methyl sites for hydroxylation is 2. The number of hydrogen-bond donors (Lipinski definition) is 2. The second-order valence-corrected chi connectivity index (χ2v) is 6.24. The van der Waals surface area contributed by atoms with Gasteiger partial charge in [-0.05, 0) is 42.5 Å². The molecular weight excluding hydrogens is 338 g/mol. The maximum atomic E-state index is 5.39. The lowest BCUT2D eigenvalue weighted by molar-refractivity contribution is 0.410. The third-order valence-electron chi connectivity index (χ3n) is 4.43. The molecule has 0 bridgehead atoms. The lowest BCUT2D eigenvalue weighted by Gasteiger charge is -2.13. The lowest BCUT2D eigenvalue weighted by atomic mass is 10.1. The van der Waals surface area contributed by atoms with Gasteiger partial charge in [0.05, 0.1) is 13.3 Å². The van der Waals surface area contributed by atoms with Gasteiger partial charge in [-0.2, -0.15) is 10.1 Å². The molecule has 0 aliphatic carbocycles. The first-order valence-electron chi connectivity index (χ1n) is 9.12. The molecule has 0 saturated heterocycles. The van der Waals surface area contributed by atoms with Crippen LogP contribution in [0, 0.1) is 6.92 Å². The summed E-state index contributed by atoms with van der Waals surface area (Å²) in [6.07, 6.45) is 3.40. The Morgan fingerprint density at radius 3 is 2.67 bits per heavy atom. The molecule has 6 heteroatoms. The van der Waals surface area contributed by atoms with Gasteiger partial charge in [0.1, 0.15) is 5.75 Å². The molecule has 0 amide bonds. The average molecular weight is 363 g/mol. The van der Waals surface area contributed by atoms with E-state index in [0.717, 1.165) is 42.0 Å². The van der Waals surface area contributed by atoms with Gasteiger partial charge in [-0.25, -0.2) is 0 Å². The molecule has 0 aliphatic rings. The molecule has 0 fully saturated rings. The maximum Gasteiger partial charge on any atom is 0.249 e. The fraction of sp³-hybridized carbons (Fsp3) is 0.286. The van der Waals surface area contributed by atoms with Crippen LogP contribution in [0.5, 0.6) is 5.75 Å². The molecule has 27 heavy (non-hydrogen) atoms. The molecular formula is C21H25N5O. The van der Waals surface area contributed by atoms with Crippen molar-refractivity contribution in [1.82, 2.24) is 15.2 Å². The maximum absolute atomic E-state index is 5.39. The van der Waals surface area contributed by atoms with E-state index >= 15 is 0 Å². The average Bonchev–Trinajstić information content (AvgIpc) is 2.70. The molecule has 1 aromatic heterocycles. The Morgan fingerprint density at radius 2 is 1.85 bits per heavy atom. The van der Waals surface area contributed by atoms with E-state index in [1.807, 2.05) is 18.2 Å². The van der Waals surface area contributed by atoms with E-state index in [-0.39, 0.29) is 0 Å². The van der Waals surface area contributed by atoms with Crippen LogP contribution < -0.4 is 15.4 Å². The number of nitrogens with one attached hydrogen (secondary N) is 2. The first kappa shape index (κ1) is 18.6. The molecule has 2 N–H and O–H groups in total. The fourth-order valence-electron chi connectivity index (χ4n) is 2.99. The largest absolute Gasteiger partial charge is 0.496 e. The summed E-state index contributed by atoms with van der Waals surface area (Å²) >= 11 is 0. The zero-order valence-electron chi connectivity index (χ0n) is 16.0. The predicted octanol–water partition coefficient (Wildman–Crippen LogP) is 4.15. The van der Waals surface area contributed by atoms with Gasteiger partial charge in [0.15, 0.2) is 5.82 Å². The van der Waals surface area contributed by atoms with Crippen molar-refractivity contribution in [1.29, 1.82) is 0 Å². The van der Waals surface area contributed by atoms with Crippen molar-refractivity contribution in [3.63, 3.8) is 0 Å². The van der Waals surface area contributed by atoms with Crippen LogP contribution in [0.1, 0.15) is 23.6 Å². The Labute approximate surface area is 160 Å². The predicted molar refractivity (Wildman–Crippen MR) is 109 cm³/mol. The molecule has 3 rings (SSSR count). The molecule has 0 radical (unpaired) electrons. The zero-order valence-corrected chi connectivity index (χ0v) is 16.0. The Bertz CT molecular complexity index is 897. The molecule has 3 aromatic rings. The van der Waals surface area contributed by atoms with Crippen molar-refractivity contribution in [3.8, 4) is 5.75 Å². The lowest BCUT2D eigenvalue weighted by Crippen LogP contribution is -2.10. The molecule has 0 spiro atoms. The Balaban J connectivity index is 1.66. The number of hydrogen-bond acceptors (Lipinski definition) is 6. The number of methoxy groups -OCH3 is 1. The highest BCUT2D eigenvalue weighted by Gasteiger charge is 2.08. The highest BCUT2D eigenvalue weighted by Crippen LogP contribution is 2.24. The fourth-order valence-corrected chi connectivity index (χ4v) is 2.99. The van der Waals surface area contributed by atoms with Gasteiger partial charge in [0.2, 0.25) is 5.95 Å². The normalized spacial score (nSPS) is 10.5. The molecule has 2 aromatic carbocycles. The third kappa shape index (κ3) is 4.73. The molecule has 0 unspecified atom stereocenters. The Hall–Kier alpha value is -3.15. The monoisotopic (exact) mass is 363 g/mol. The van der Waals surface area contributed by atoms with Gasteiger partial charge >= 0.3 is 0 Å². The van der Waals surface area contributed by atoms with E-state index in [1.54, 1.807) is 13.3 Å². The SMILES string of the molecule is CCc1cccc(C)c1Nc1nncc(NCCc2ccccc2OC)n1. The van der Waals surface area contributed by atoms with Crippen LogP contribution in [0.25, 0.3) is 0 Å². The Morgan fingerprint density at radius 1 is 1.04 bits per heavy atom. The summed E-state index contributed by atoms with van der Waals surface area (Å²) in [6, 6.07) is 14.3. The van der Waals surface area contributed by atoms with Crippen molar-refractivity contribution in [3.05, 3.63) is 65.4 Å². The number of para-hydroxylation sites is 2. The standard InChI is InChI=1S/C21H25N5O/c1-4-16-10-7-8-15(2)20(16)25-21-24-19(14-23-26-21)22-13-12-17-9-5-6-11-18(17)27-3/h5-11,14H,4,12-13H2,1-3H3,(H2,22,24,25,26). The summed E-state index contributed by atoms with van der Waals surface area (Å²) in [7, 11) is 1.69. The molecule has 0 atom stereocenters. The quantitative estimate of drug-likeness (QED) is 0.626. The van der Waals surface area contributed by atoms with Gasteiger partial charge in [-0.1, -0.05) is 43.3 Å². The number of anilines is 3. The highest BCUT2D eigenvalue weighted by atomic mass is 16.5. The molecule has 0 aliphatic heterocycles. The molecule has 0 saturated carbocycles. The molecule has 6 nitrogen and oxygen atoms in total. The van der Waals surface area contributed by atoms with Crippen LogP contribution in [0.15, 0.2) is 48.7 Å². The van der Waals surface area contributed by atoms with Gasteiger partial charge in [0, 0.05) is 12.2 Å². The van der Waals surface area contributed by atoms with Crippen LogP contribution in [0.2, 0.25) is 0 Å². The summed E-state index contributed by atoms with van der Waals surface area (Å²) in [5.41, 5.74) is 4.59. The van der Waals surface area contributed by atoms with Gasteiger partial charge in [-0.3, -0.25) is 0 Å². The van der Waals surface area contributed by atoms with E-state index in [1.165, 1.54) is 5.56 Å². The smallest absolute Gasteiger partial charge is 0.249 e. The van der Waals surface area contributed by atoms with Crippen LogP contribution in [-0.4, -0.2) is 28.8 Å². The van der Waals surface area contributed by atoms with Gasteiger partial charge < -0.3 is 15.4 Å². The zero-order chi connectivity index (χ0) is 19.1. The first-order valence-corrected chi connectivity index (χ1v) is 9.12. The minimum atomic E-state index is 0.487. The number of rotatable bonds is 8. The van der Waals surface area contributed by atoms with Crippen LogP contribution in [-0.2, 0) is 12.8 Å². The summed E-state index contributed by atoms with van der Waals surface area (Å²) < 4.78 is 5.39. The minimum absolute atomic E-state index is 0.487.